The van der Waals surface area contributed by atoms with Gasteiger partial charge in [-0.15, -0.1) is 10.1 Å². The van der Waals surface area contributed by atoms with Crippen molar-refractivity contribution >= 4 is 61.3 Å². The van der Waals surface area contributed by atoms with Gasteiger partial charge in [-0.3, -0.25) is 0 Å². The number of rotatable bonds is 0. The second-order valence-corrected chi connectivity index (χ2v) is 0.238. The molecule has 7 heteroatoms. The summed E-state index contributed by atoms with van der Waals surface area (Å²) in [5, 5.41) is 13.6. The quantitative estimate of drug-likeness (QED) is 0.212. The summed E-state index contributed by atoms with van der Waals surface area (Å²) < 4.78 is 0. The molecular formula is H7KN2O3P. The number of nitrogens with zero attached hydrogens (tertiary/aromatic N) is 1. The maximum Gasteiger partial charge on any atom is 0.291 e. The Morgan fingerprint density at radius 1 is 1.57 bits per heavy atom. The van der Waals surface area contributed by atoms with Gasteiger partial charge in [-0.25, -0.2) is 0 Å². The molecule has 0 aromatic heterocycles. The zero-order valence-corrected chi connectivity index (χ0v) is 8.66. The van der Waals surface area contributed by atoms with Gasteiger partial charge in [0.1, 0.15) is 0 Å². The number of hydrogen-bond donors (Lipinski definition) is 2. The van der Waals surface area contributed by atoms with Crippen molar-refractivity contribution in [3.63, 3.8) is 0 Å². The van der Waals surface area contributed by atoms with Crippen LogP contribution in [-0.2, 0) is 0 Å². The molecule has 0 aliphatic heterocycles. The monoisotopic (exact) mass is 153 g/mol. The van der Waals surface area contributed by atoms with Crippen molar-refractivity contribution in [3.05, 3.63) is 10.1 Å². The maximum absolute atomic E-state index is 8.36. The predicted octanol–water partition coefficient (Wildman–Crippen LogP) is -0.508. The summed E-state index contributed by atoms with van der Waals surface area (Å²) in [6, 6.07) is 0. The smallest absolute Gasteiger partial charge is 0.291 e. The molecule has 1 unspecified atom stereocenters. The second kappa shape index (κ2) is 15.7. The molecule has 41 valence electrons. The third-order valence-electron chi connectivity index (χ3n) is 0. The molecule has 0 fully saturated rings. The van der Waals surface area contributed by atoms with E-state index in [-0.39, 0.29) is 67.4 Å². The van der Waals surface area contributed by atoms with Crippen LogP contribution in [-0.4, -0.2) is 61.7 Å². The Labute approximate surface area is 86.6 Å². The van der Waals surface area contributed by atoms with Crippen LogP contribution >= 0.6 is 9.90 Å². The summed E-state index contributed by atoms with van der Waals surface area (Å²) in [4.78, 5) is 8.36. The molecule has 0 spiro atoms. The molecule has 0 aromatic rings. The Hall–Kier alpha value is 1.23. The molecule has 0 aromatic carbocycles. The average molecular weight is 153 g/mol. The summed E-state index contributed by atoms with van der Waals surface area (Å²) >= 11 is 0. The van der Waals surface area contributed by atoms with Crippen LogP contribution < -0.4 is 6.15 Å². The summed E-state index contributed by atoms with van der Waals surface area (Å²) in [5.41, 5.74) is 0. The van der Waals surface area contributed by atoms with Crippen LogP contribution in [0, 0.1) is 10.1 Å². The fourth-order valence-corrected chi connectivity index (χ4v) is 0. The van der Waals surface area contributed by atoms with Crippen LogP contribution in [0.2, 0.25) is 0 Å². The van der Waals surface area contributed by atoms with Gasteiger partial charge < -0.3 is 11.4 Å². The second-order valence-electron chi connectivity index (χ2n) is 0.238. The minimum atomic E-state index is -1.50. The molecule has 0 amide bonds. The van der Waals surface area contributed by atoms with E-state index in [1.807, 2.05) is 0 Å². The molecule has 4 N–H and O–H groups in total. The molecule has 0 heterocycles. The third-order valence-corrected chi connectivity index (χ3v) is 0. The number of hydrogen-bond acceptors (Lipinski definition) is 3. The molecule has 0 aliphatic rings. The largest absolute Gasteiger partial charge is 0.344 e. The summed E-state index contributed by atoms with van der Waals surface area (Å²) in [6.45, 7) is 0. The van der Waals surface area contributed by atoms with Crippen molar-refractivity contribution in [2.75, 3.05) is 0 Å². The molecule has 5 nitrogen and oxygen atoms in total. The van der Waals surface area contributed by atoms with E-state index in [2.05, 4.69) is 0 Å². The van der Waals surface area contributed by atoms with Gasteiger partial charge in [-0.2, -0.15) is 9.90 Å². The van der Waals surface area contributed by atoms with Crippen molar-refractivity contribution in [2.45, 2.75) is 0 Å². The van der Waals surface area contributed by atoms with E-state index in [0.29, 0.717) is 0 Å². The Bertz CT molecular complexity index is 35.9. The van der Waals surface area contributed by atoms with Crippen LogP contribution in [0.3, 0.4) is 0 Å². The van der Waals surface area contributed by atoms with Gasteiger partial charge >= 0.3 is 0 Å². The normalized spacial score (nSPS) is 3.43. The van der Waals surface area contributed by atoms with Crippen molar-refractivity contribution in [2.24, 2.45) is 0 Å². The SMILES string of the molecule is N.O=[N+]([O-])O.P.[K]. The molecule has 0 bridgehead atoms. The Morgan fingerprint density at radius 3 is 1.57 bits per heavy atom. The van der Waals surface area contributed by atoms with Crippen molar-refractivity contribution in [1.29, 1.82) is 0 Å². The summed E-state index contributed by atoms with van der Waals surface area (Å²) in [5.74, 6) is 0. The van der Waals surface area contributed by atoms with E-state index in [4.69, 9.17) is 15.3 Å². The minimum Gasteiger partial charge on any atom is -0.344 e. The third kappa shape index (κ3) is 131. The van der Waals surface area contributed by atoms with Crippen LogP contribution in [0.5, 0.6) is 0 Å². The Kier molecular flexibility index (Phi) is 53.9. The van der Waals surface area contributed by atoms with Gasteiger partial charge in [0, 0.05) is 51.4 Å². The van der Waals surface area contributed by atoms with Crippen LogP contribution in [0.15, 0.2) is 0 Å². The molecule has 7 heavy (non-hydrogen) atoms. The summed E-state index contributed by atoms with van der Waals surface area (Å²) in [7, 11) is 0. The molecule has 1 radical (unpaired) electrons. The first-order valence-electron chi connectivity index (χ1n) is 0.565. The fraction of sp³-hybridized carbons (Fsp3) is 0. The Morgan fingerprint density at radius 2 is 1.57 bits per heavy atom. The van der Waals surface area contributed by atoms with Gasteiger partial charge in [0.15, 0.2) is 0 Å². The van der Waals surface area contributed by atoms with Gasteiger partial charge in [-0.1, -0.05) is 0 Å². The molecule has 1 atom stereocenters. The van der Waals surface area contributed by atoms with Crippen molar-refractivity contribution in [3.8, 4) is 0 Å². The Balaban J connectivity index is -0.0000000150. The van der Waals surface area contributed by atoms with E-state index in [9.17, 15) is 0 Å². The van der Waals surface area contributed by atoms with Gasteiger partial charge in [0.2, 0.25) is 0 Å². The van der Waals surface area contributed by atoms with Crippen LogP contribution in [0.4, 0.5) is 0 Å². The van der Waals surface area contributed by atoms with Crippen LogP contribution in [0.1, 0.15) is 0 Å². The fourth-order valence-electron chi connectivity index (χ4n) is 0. The summed E-state index contributed by atoms with van der Waals surface area (Å²) in [6.07, 6.45) is 0. The van der Waals surface area contributed by atoms with Crippen LogP contribution in [0.25, 0.3) is 0 Å². The first-order chi connectivity index (χ1) is 1.73. The maximum atomic E-state index is 8.36. The van der Waals surface area contributed by atoms with E-state index >= 15 is 0 Å². The first kappa shape index (κ1) is 24.0. The molecule has 0 aliphatic carbocycles. The first-order valence-corrected chi connectivity index (χ1v) is 0.565. The van der Waals surface area contributed by atoms with Crippen molar-refractivity contribution < 1.29 is 10.3 Å². The molecule has 0 rings (SSSR count). The average Bonchev–Trinajstić information content (AvgIpc) is 0.811. The standard InChI is InChI=1S/K.HNO3.H3N.H3P/c;2-1(3)4;;/h;(H,2,3,4);2*1H3. The topological polar surface area (TPSA) is 98.4 Å². The zero-order chi connectivity index (χ0) is 3.58. The predicted molar refractivity (Wildman–Crippen MR) is 30.7 cm³/mol. The van der Waals surface area contributed by atoms with Gasteiger partial charge in [0.25, 0.3) is 5.09 Å². The van der Waals surface area contributed by atoms with E-state index in [1.54, 1.807) is 0 Å². The van der Waals surface area contributed by atoms with E-state index in [1.165, 1.54) is 0 Å². The van der Waals surface area contributed by atoms with E-state index in [0.717, 1.165) is 0 Å². The van der Waals surface area contributed by atoms with Crippen molar-refractivity contribution in [1.82, 2.24) is 6.15 Å². The molecule has 0 saturated carbocycles. The molecular weight excluding hydrogens is 146 g/mol. The minimum absolute atomic E-state index is 0. The van der Waals surface area contributed by atoms with E-state index < -0.39 is 5.09 Å². The zero-order valence-electron chi connectivity index (χ0n) is 4.13. The molecule has 0 saturated heterocycles. The van der Waals surface area contributed by atoms with Gasteiger partial charge in [0.05, 0.1) is 0 Å². The van der Waals surface area contributed by atoms with Gasteiger partial charge in [-0.05, 0) is 0 Å².